The molecule has 0 radical (unpaired) electrons. The van der Waals surface area contributed by atoms with Crippen LogP contribution in [0.2, 0.25) is 0 Å². The van der Waals surface area contributed by atoms with Gasteiger partial charge in [0.2, 0.25) is 11.6 Å². The van der Waals surface area contributed by atoms with Gasteiger partial charge < -0.3 is 9.47 Å². The van der Waals surface area contributed by atoms with Crippen LogP contribution in [-0.4, -0.2) is 48.2 Å². The zero-order valence-corrected chi connectivity index (χ0v) is 8.83. The Morgan fingerprint density at radius 2 is 1.33 bits per heavy atom. The minimum atomic E-state index is -1.24. The Morgan fingerprint density at radius 3 is 1.60 bits per heavy atom. The van der Waals surface area contributed by atoms with E-state index >= 15 is 0 Å². The summed E-state index contributed by atoms with van der Waals surface area (Å²) < 4.78 is 8.66. The molecule has 0 unspecified atom stereocenters. The first-order valence-corrected chi connectivity index (χ1v) is 4.86. The Balaban J connectivity index is 2.85. The van der Waals surface area contributed by atoms with Crippen molar-refractivity contribution in [1.82, 2.24) is 0 Å². The van der Waals surface area contributed by atoms with Crippen LogP contribution < -0.4 is 0 Å². The summed E-state index contributed by atoms with van der Waals surface area (Å²) >= 11 is 0.644. The van der Waals surface area contributed by atoms with Crippen molar-refractivity contribution in [2.75, 3.05) is 14.2 Å². The fourth-order valence-corrected chi connectivity index (χ4v) is 2.22. The highest BCUT2D eigenvalue weighted by Gasteiger charge is 2.50. The molecule has 2 atom stereocenters. The second kappa shape index (κ2) is 4.43. The van der Waals surface area contributed by atoms with Gasteiger partial charge in [-0.05, 0) is 0 Å². The molecule has 1 heterocycles. The number of ketones is 2. The zero-order chi connectivity index (χ0) is 11.6. The Hall–Kier alpha value is -1.37. The van der Waals surface area contributed by atoms with Crippen molar-refractivity contribution in [3.63, 3.8) is 0 Å². The molecule has 6 nitrogen and oxygen atoms in total. The van der Waals surface area contributed by atoms with E-state index < -0.39 is 34.0 Å². The summed E-state index contributed by atoms with van der Waals surface area (Å²) in [5.41, 5.74) is 0. The van der Waals surface area contributed by atoms with Gasteiger partial charge in [0.15, 0.2) is 10.5 Å². The minimum Gasteiger partial charge on any atom is -0.468 e. The van der Waals surface area contributed by atoms with Crippen molar-refractivity contribution in [2.45, 2.75) is 10.5 Å². The third kappa shape index (κ3) is 2.01. The van der Waals surface area contributed by atoms with Gasteiger partial charge in [-0.25, -0.2) is 0 Å². The molecule has 1 fully saturated rings. The number of Topliss-reactive ketones (excluding diaryl/α,β-unsaturated/α-hetero) is 2. The zero-order valence-electron chi connectivity index (χ0n) is 8.01. The van der Waals surface area contributed by atoms with E-state index in [4.69, 9.17) is 0 Å². The lowest BCUT2D eigenvalue weighted by atomic mass is 10.1. The van der Waals surface area contributed by atoms with Crippen molar-refractivity contribution >= 4 is 35.3 Å². The van der Waals surface area contributed by atoms with Crippen molar-refractivity contribution in [3.05, 3.63) is 0 Å². The maximum atomic E-state index is 11.3. The van der Waals surface area contributed by atoms with E-state index in [0.717, 1.165) is 14.2 Å². The van der Waals surface area contributed by atoms with E-state index in [1.807, 2.05) is 0 Å². The van der Waals surface area contributed by atoms with Gasteiger partial charge >= 0.3 is 11.9 Å². The third-order valence-corrected chi connectivity index (χ3v) is 3.18. The predicted octanol–water partition coefficient (Wildman–Crippen LogP) is -1.05. The summed E-state index contributed by atoms with van der Waals surface area (Å²) in [6.07, 6.45) is 0. The first-order valence-electron chi connectivity index (χ1n) is 3.92. The minimum absolute atomic E-state index is 0.644. The summed E-state index contributed by atoms with van der Waals surface area (Å²) in [5.74, 6) is -3.49. The molecule has 1 aliphatic rings. The molecule has 0 aromatic carbocycles. The van der Waals surface area contributed by atoms with Crippen molar-refractivity contribution in [2.24, 2.45) is 0 Å². The quantitative estimate of drug-likeness (QED) is 0.341. The molecule has 15 heavy (non-hydrogen) atoms. The number of hydrogen-bond acceptors (Lipinski definition) is 7. The monoisotopic (exact) mass is 232 g/mol. The van der Waals surface area contributed by atoms with Crippen molar-refractivity contribution in [3.8, 4) is 0 Å². The number of thioether (sulfide) groups is 1. The molecule has 1 rings (SSSR count). The standard InChI is InChI=1S/C8H8O6S/c1-13-7(11)5-3(9)4(10)6(15-5)8(12)14-2/h5-6H,1-2H3/t5-,6+. The SMILES string of the molecule is COC(=O)[C@H]1S[C@@H](C(=O)OC)C(=O)C1=O. The second-order valence-corrected chi connectivity index (χ2v) is 3.89. The van der Waals surface area contributed by atoms with Crippen LogP contribution in [0.1, 0.15) is 0 Å². The Labute approximate surface area is 89.3 Å². The summed E-state index contributed by atoms with van der Waals surface area (Å²) in [4.78, 5) is 44.6. The lowest BCUT2D eigenvalue weighted by Gasteiger charge is -2.04. The van der Waals surface area contributed by atoms with E-state index in [2.05, 4.69) is 9.47 Å². The number of hydrogen-bond donors (Lipinski definition) is 0. The molecule has 0 bridgehead atoms. The molecule has 1 aliphatic heterocycles. The van der Waals surface area contributed by atoms with E-state index in [-0.39, 0.29) is 0 Å². The van der Waals surface area contributed by atoms with Crippen LogP contribution in [0.25, 0.3) is 0 Å². The number of methoxy groups -OCH3 is 2. The Kier molecular flexibility index (Phi) is 3.46. The normalized spacial score (nSPS) is 25.2. The van der Waals surface area contributed by atoms with Gasteiger partial charge in [-0.2, -0.15) is 0 Å². The van der Waals surface area contributed by atoms with Crippen LogP contribution in [0.5, 0.6) is 0 Å². The third-order valence-electron chi connectivity index (χ3n) is 1.82. The lowest BCUT2D eigenvalue weighted by Crippen LogP contribution is -2.30. The first-order chi connectivity index (χ1) is 7.02. The summed E-state index contributed by atoms with van der Waals surface area (Å²) in [7, 11) is 2.21. The number of ether oxygens (including phenoxy) is 2. The predicted molar refractivity (Wildman–Crippen MR) is 49.2 cm³/mol. The Bertz CT molecular complexity index is 304. The molecular weight excluding hydrogens is 224 g/mol. The average Bonchev–Trinajstić information content (AvgIpc) is 2.54. The van der Waals surface area contributed by atoms with E-state index in [1.54, 1.807) is 0 Å². The molecule has 1 saturated heterocycles. The molecule has 0 aromatic heterocycles. The largest absolute Gasteiger partial charge is 0.468 e. The maximum Gasteiger partial charge on any atom is 0.327 e. The second-order valence-electron chi connectivity index (χ2n) is 2.67. The first kappa shape index (κ1) is 11.7. The summed E-state index contributed by atoms with van der Waals surface area (Å²) in [5, 5.41) is -2.49. The van der Waals surface area contributed by atoms with Gasteiger partial charge in [0.05, 0.1) is 14.2 Å². The van der Waals surface area contributed by atoms with Gasteiger partial charge in [-0.3, -0.25) is 19.2 Å². The van der Waals surface area contributed by atoms with Crippen LogP contribution in [0, 0.1) is 0 Å². The van der Waals surface area contributed by atoms with Gasteiger partial charge in [0.1, 0.15) is 0 Å². The maximum absolute atomic E-state index is 11.3. The van der Waals surface area contributed by atoms with Crippen LogP contribution >= 0.6 is 11.8 Å². The summed E-state index contributed by atoms with van der Waals surface area (Å²) in [6.45, 7) is 0. The lowest BCUT2D eigenvalue weighted by molar-refractivity contribution is -0.148. The number of esters is 2. The highest BCUT2D eigenvalue weighted by molar-refractivity contribution is 8.04. The van der Waals surface area contributed by atoms with Gasteiger partial charge in [-0.1, -0.05) is 0 Å². The molecule has 0 spiro atoms. The highest BCUT2D eigenvalue weighted by Crippen LogP contribution is 2.30. The highest BCUT2D eigenvalue weighted by atomic mass is 32.2. The van der Waals surface area contributed by atoms with E-state index in [1.165, 1.54) is 0 Å². The smallest absolute Gasteiger partial charge is 0.327 e. The van der Waals surface area contributed by atoms with Crippen LogP contribution in [-0.2, 0) is 28.7 Å². The van der Waals surface area contributed by atoms with Gasteiger partial charge in [0.25, 0.3) is 0 Å². The number of rotatable bonds is 2. The fraction of sp³-hybridized carbons (Fsp3) is 0.500. The molecular formula is C8H8O6S. The van der Waals surface area contributed by atoms with E-state index in [9.17, 15) is 19.2 Å². The van der Waals surface area contributed by atoms with Crippen molar-refractivity contribution in [1.29, 1.82) is 0 Å². The summed E-state index contributed by atoms with van der Waals surface area (Å²) in [6, 6.07) is 0. The number of carbonyl (C=O) groups is 4. The molecule has 0 saturated carbocycles. The van der Waals surface area contributed by atoms with Crippen LogP contribution in [0.15, 0.2) is 0 Å². The topological polar surface area (TPSA) is 86.7 Å². The molecule has 0 N–H and O–H groups in total. The van der Waals surface area contributed by atoms with Gasteiger partial charge in [-0.15, -0.1) is 11.8 Å². The molecule has 0 aliphatic carbocycles. The van der Waals surface area contributed by atoms with Crippen LogP contribution in [0.3, 0.4) is 0 Å². The molecule has 7 heteroatoms. The number of carbonyl (C=O) groups excluding carboxylic acids is 4. The van der Waals surface area contributed by atoms with Crippen LogP contribution in [0.4, 0.5) is 0 Å². The molecule has 0 aromatic rings. The molecule has 82 valence electrons. The van der Waals surface area contributed by atoms with E-state index in [0.29, 0.717) is 11.8 Å². The Morgan fingerprint density at radius 1 is 1.00 bits per heavy atom. The van der Waals surface area contributed by atoms with Crippen molar-refractivity contribution < 1.29 is 28.7 Å². The molecule has 0 amide bonds. The fourth-order valence-electron chi connectivity index (χ4n) is 1.06. The average molecular weight is 232 g/mol. The van der Waals surface area contributed by atoms with Gasteiger partial charge in [0, 0.05) is 0 Å².